The Morgan fingerprint density at radius 3 is 2.12 bits per heavy atom. The molecule has 0 saturated heterocycles. The highest BCUT2D eigenvalue weighted by atomic mass is 79.9. The second-order valence-electron chi connectivity index (χ2n) is 7.66. The number of rotatable bonds is 7. The molecule has 0 radical (unpaired) electrons. The maximum Gasteiger partial charge on any atom is 0.257 e. The summed E-state index contributed by atoms with van der Waals surface area (Å²) < 4.78 is 6.41. The quantitative estimate of drug-likeness (QED) is 0.336. The summed E-state index contributed by atoms with van der Waals surface area (Å²) in [5.74, 6) is 0.555. The highest BCUT2D eigenvalue weighted by molar-refractivity contribution is 9.10. The Labute approximate surface area is 206 Å². The molecule has 0 aliphatic heterocycles. The summed E-state index contributed by atoms with van der Waals surface area (Å²) in [6.45, 7) is 4.73. The Bertz CT molecular complexity index is 1140. The van der Waals surface area contributed by atoms with E-state index in [1.165, 1.54) is 0 Å². The van der Waals surface area contributed by atoms with Crippen LogP contribution in [0.25, 0.3) is 0 Å². The molecule has 0 bridgehead atoms. The zero-order valence-electron chi connectivity index (χ0n) is 18.2. The summed E-state index contributed by atoms with van der Waals surface area (Å²) >= 11 is 8.70. The van der Waals surface area contributed by atoms with E-state index >= 15 is 0 Å². The van der Waals surface area contributed by atoms with E-state index < -0.39 is 0 Å². The van der Waals surface area contributed by atoms with E-state index in [0.717, 1.165) is 0 Å². The van der Waals surface area contributed by atoms with Crippen LogP contribution in [0.2, 0.25) is 0 Å². The van der Waals surface area contributed by atoms with Crippen molar-refractivity contribution in [2.45, 2.75) is 13.8 Å². The van der Waals surface area contributed by atoms with E-state index in [-0.39, 0.29) is 16.9 Å². The summed E-state index contributed by atoms with van der Waals surface area (Å²) in [6.07, 6.45) is 0. The van der Waals surface area contributed by atoms with Crippen LogP contribution < -0.4 is 20.7 Å². The van der Waals surface area contributed by atoms with Crippen LogP contribution in [0.4, 0.5) is 11.4 Å². The zero-order chi connectivity index (χ0) is 23.8. The van der Waals surface area contributed by atoms with Gasteiger partial charge < -0.3 is 15.4 Å². The molecule has 8 heteroatoms. The molecular formula is C25H24BrN3O3S. The number of thiocarbonyl (C=S) groups is 1. The summed E-state index contributed by atoms with van der Waals surface area (Å²) in [7, 11) is 0. The molecule has 0 saturated carbocycles. The van der Waals surface area contributed by atoms with Gasteiger partial charge in [-0.05, 0) is 88.7 Å². The van der Waals surface area contributed by atoms with E-state index in [1.54, 1.807) is 54.6 Å². The Balaban J connectivity index is 1.53. The van der Waals surface area contributed by atoms with Crippen LogP contribution in [0, 0.1) is 5.92 Å². The molecule has 0 unspecified atom stereocenters. The molecule has 6 nitrogen and oxygen atoms in total. The standard InChI is InChI=1S/C25H24BrN3O3S/c1-16(2)15-32-22-13-8-18(14-21(22)26)24(31)29-25(33)28-20-11-9-19(10-12-20)27-23(30)17-6-4-3-5-7-17/h3-14,16H,15H2,1-2H3,(H,27,30)(H2,28,29,31,33). The molecule has 0 aromatic heterocycles. The second kappa shape index (κ2) is 11.6. The minimum atomic E-state index is -0.338. The van der Waals surface area contributed by atoms with Gasteiger partial charge in [0.2, 0.25) is 0 Å². The number of amides is 2. The third kappa shape index (κ3) is 7.40. The number of ether oxygens (including phenoxy) is 1. The molecule has 3 aromatic carbocycles. The van der Waals surface area contributed by atoms with Crippen molar-refractivity contribution >= 4 is 56.4 Å². The molecule has 0 spiro atoms. The smallest absolute Gasteiger partial charge is 0.257 e. The average molecular weight is 526 g/mol. The Morgan fingerprint density at radius 1 is 0.879 bits per heavy atom. The van der Waals surface area contributed by atoms with Gasteiger partial charge in [-0.25, -0.2) is 0 Å². The van der Waals surface area contributed by atoms with Gasteiger partial charge in [-0.2, -0.15) is 0 Å². The lowest BCUT2D eigenvalue weighted by molar-refractivity contribution is 0.0976. The number of halogens is 1. The van der Waals surface area contributed by atoms with Crippen LogP contribution in [0.3, 0.4) is 0 Å². The van der Waals surface area contributed by atoms with Crippen molar-refractivity contribution < 1.29 is 14.3 Å². The summed E-state index contributed by atoms with van der Waals surface area (Å²) in [6, 6.07) is 21.1. The van der Waals surface area contributed by atoms with Gasteiger partial charge >= 0.3 is 0 Å². The molecule has 0 fully saturated rings. The van der Waals surface area contributed by atoms with E-state index in [4.69, 9.17) is 17.0 Å². The van der Waals surface area contributed by atoms with Crippen molar-refractivity contribution in [2.24, 2.45) is 5.92 Å². The zero-order valence-corrected chi connectivity index (χ0v) is 20.6. The molecule has 3 aromatic rings. The van der Waals surface area contributed by atoms with E-state index in [0.29, 0.717) is 45.2 Å². The van der Waals surface area contributed by atoms with Crippen molar-refractivity contribution in [3.05, 3.63) is 88.4 Å². The van der Waals surface area contributed by atoms with Crippen LogP contribution in [0.5, 0.6) is 5.75 Å². The maximum absolute atomic E-state index is 12.5. The maximum atomic E-state index is 12.5. The number of carbonyl (C=O) groups excluding carboxylic acids is 2. The Kier molecular flexibility index (Phi) is 8.57. The second-order valence-corrected chi connectivity index (χ2v) is 8.92. The molecule has 0 atom stereocenters. The van der Waals surface area contributed by atoms with Crippen LogP contribution in [-0.4, -0.2) is 23.5 Å². The predicted molar refractivity (Wildman–Crippen MR) is 139 cm³/mol. The van der Waals surface area contributed by atoms with Crippen molar-refractivity contribution in [1.29, 1.82) is 0 Å². The first-order valence-electron chi connectivity index (χ1n) is 10.3. The van der Waals surface area contributed by atoms with E-state index in [9.17, 15) is 9.59 Å². The molecule has 2 amide bonds. The largest absolute Gasteiger partial charge is 0.492 e. The first kappa shape index (κ1) is 24.4. The lowest BCUT2D eigenvalue weighted by atomic mass is 10.2. The van der Waals surface area contributed by atoms with E-state index in [1.807, 2.05) is 18.2 Å². The fourth-order valence-electron chi connectivity index (χ4n) is 2.78. The first-order chi connectivity index (χ1) is 15.8. The molecule has 0 aliphatic rings. The number of benzene rings is 3. The van der Waals surface area contributed by atoms with Crippen LogP contribution in [0.15, 0.2) is 77.3 Å². The SMILES string of the molecule is CC(C)COc1ccc(C(=O)NC(=S)Nc2ccc(NC(=O)c3ccccc3)cc2)cc1Br. The molecule has 170 valence electrons. The summed E-state index contributed by atoms with van der Waals surface area (Å²) in [5.41, 5.74) is 2.35. The van der Waals surface area contributed by atoms with Gasteiger partial charge in [0.05, 0.1) is 11.1 Å². The lowest BCUT2D eigenvalue weighted by Gasteiger charge is -2.13. The minimum absolute atomic E-state index is 0.164. The molecular weight excluding hydrogens is 502 g/mol. The normalized spacial score (nSPS) is 10.4. The predicted octanol–water partition coefficient (Wildman–Crippen LogP) is 5.86. The monoisotopic (exact) mass is 525 g/mol. The molecule has 3 N–H and O–H groups in total. The topological polar surface area (TPSA) is 79.5 Å². The average Bonchev–Trinajstić information content (AvgIpc) is 2.80. The van der Waals surface area contributed by atoms with Crippen LogP contribution in [0.1, 0.15) is 34.6 Å². The highest BCUT2D eigenvalue weighted by Crippen LogP contribution is 2.26. The van der Waals surface area contributed by atoms with Crippen molar-refractivity contribution in [3.63, 3.8) is 0 Å². The van der Waals surface area contributed by atoms with Gasteiger partial charge in [0.1, 0.15) is 5.75 Å². The summed E-state index contributed by atoms with van der Waals surface area (Å²) in [5, 5.41) is 8.62. The van der Waals surface area contributed by atoms with Crippen molar-refractivity contribution in [1.82, 2.24) is 5.32 Å². The fourth-order valence-corrected chi connectivity index (χ4v) is 3.49. The number of carbonyl (C=O) groups is 2. The van der Waals surface area contributed by atoms with Gasteiger partial charge in [0.15, 0.2) is 5.11 Å². The van der Waals surface area contributed by atoms with E-state index in [2.05, 4.69) is 45.7 Å². The third-order valence-electron chi connectivity index (χ3n) is 4.43. The first-order valence-corrected chi connectivity index (χ1v) is 11.5. The van der Waals surface area contributed by atoms with Crippen LogP contribution in [-0.2, 0) is 0 Å². The minimum Gasteiger partial charge on any atom is -0.492 e. The molecule has 0 heterocycles. The molecule has 0 aliphatic carbocycles. The molecule has 33 heavy (non-hydrogen) atoms. The number of hydrogen-bond donors (Lipinski definition) is 3. The summed E-state index contributed by atoms with van der Waals surface area (Å²) in [4.78, 5) is 24.8. The van der Waals surface area contributed by atoms with Gasteiger partial charge in [0.25, 0.3) is 11.8 Å². The Morgan fingerprint density at radius 2 is 1.52 bits per heavy atom. The number of hydrogen-bond acceptors (Lipinski definition) is 4. The van der Waals surface area contributed by atoms with Crippen LogP contribution >= 0.6 is 28.1 Å². The number of nitrogens with one attached hydrogen (secondary N) is 3. The van der Waals surface area contributed by atoms with Crippen molar-refractivity contribution in [3.8, 4) is 5.75 Å². The van der Waals surface area contributed by atoms with Crippen molar-refractivity contribution in [2.75, 3.05) is 17.2 Å². The van der Waals surface area contributed by atoms with Gasteiger partial charge in [-0.3, -0.25) is 14.9 Å². The van der Waals surface area contributed by atoms with Gasteiger partial charge in [-0.15, -0.1) is 0 Å². The number of anilines is 2. The highest BCUT2D eigenvalue weighted by Gasteiger charge is 2.12. The molecule has 3 rings (SSSR count). The van der Waals surface area contributed by atoms with Gasteiger partial charge in [-0.1, -0.05) is 32.0 Å². The third-order valence-corrected chi connectivity index (χ3v) is 5.25. The lowest BCUT2D eigenvalue weighted by Crippen LogP contribution is -2.34. The van der Waals surface area contributed by atoms with Gasteiger partial charge in [0, 0.05) is 22.5 Å². The fraction of sp³-hybridized carbons (Fsp3) is 0.160. The Hall–Kier alpha value is -3.23.